The Bertz CT molecular complexity index is 1070. The highest BCUT2D eigenvalue weighted by Crippen LogP contribution is 2.18. The Kier molecular flexibility index (Phi) is 3.96. The Labute approximate surface area is 149 Å². The summed E-state index contributed by atoms with van der Waals surface area (Å²) >= 11 is 0. The summed E-state index contributed by atoms with van der Waals surface area (Å²) in [6.07, 6.45) is 4.89. The van der Waals surface area contributed by atoms with Gasteiger partial charge < -0.3 is 9.73 Å². The van der Waals surface area contributed by atoms with Crippen molar-refractivity contribution in [1.82, 2.24) is 24.9 Å². The molecule has 0 saturated carbocycles. The fourth-order valence-electron chi connectivity index (χ4n) is 2.81. The highest BCUT2D eigenvalue weighted by Gasteiger charge is 2.15. The molecule has 0 aliphatic heterocycles. The first-order valence-electron chi connectivity index (χ1n) is 8.21. The fraction of sp³-hybridized carbons (Fsp3) is 0.158. The van der Waals surface area contributed by atoms with Gasteiger partial charge in [0, 0.05) is 23.1 Å². The molecule has 0 aromatic carbocycles. The number of hydrogen-bond acceptors (Lipinski definition) is 5. The average Bonchev–Trinajstić information content (AvgIpc) is 3.30. The van der Waals surface area contributed by atoms with Gasteiger partial charge in [-0.1, -0.05) is 0 Å². The zero-order chi connectivity index (χ0) is 18.1. The largest absolute Gasteiger partial charge is 0.464 e. The molecule has 4 aromatic rings. The molecule has 0 bridgehead atoms. The van der Waals surface area contributed by atoms with Gasteiger partial charge in [-0.2, -0.15) is 5.10 Å². The molecule has 4 heterocycles. The van der Waals surface area contributed by atoms with Crippen LogP contribution in [0.25, 0.3) is 17.0 Å². The van der Waals surface area contributed by atoms with Crippen LogP contribution in [0.3, 0.4) is 0 Å². The van der Waals surface area contributed by atoms with E-state index in [0.717, 1.165) is 28.4 Å². The van der Waals surface area contributed by atoms with E-state index in [1.807, 2.05) is 44.2 Å². The second-order valence-corrected chi connectivity index (χ2v) is 6.03. The number of hydrogen-bond donors (Lipinski definition) is 1. The molecule has 0 radical (unpaired) electrons. The van der Waals surface area contributed by atoms with Crippen molar-refractivity contribution in [2.24, 2.45) is 0 Å². The van der Waals surface area contributed by atoms with Crippen LogP contribution in [0.1, 0.15) is 27.4 Å². The molecule has 7 nitrogen and oxygen atoms in total. The minimum atomic E-state index is -0.227. The van der Waals surface area contributed by atoms with Crippen LogP contribution in [-0.2, 0) is 6.54 Å². The summed E-state index contributed by atoms with van der Waals surface area (Å²) in [7, 11) is 0. The molecule has 0 aliphatic rings. The van der Waals surface area contributed by atoms with Crippen molar-refractivity contribution in [3.63, 3.8) is 0 Å². The summed E-state index contributed by atoms with van der Waals surface area (Å²) in [5.41, 5.74) is 4.43. The number of carbonyl (C=O) groups is 1. The van der Waals surface area contributed by atoms with Crippen LogP contribution in [0.4, 0.5) is 0 Å². The SMILES string of the molecule is Cc1cc(C)n2ncc(C(=O)NCc3ccc(-c4ccco4)cn3)c2n1. The Morgan fingerprint density at radius 3 is 2.85 bits per heavy atom. The molecule has 4 rings (SSSR count). The van der Waals surface area contributed by atoms with Crippen molar-refractivity contribution in [2.75, 3.05) is 0 Å². The number of pyridine rings is 1. The monoisotopic (exact) mass is 347 g/mol. The van der Waals surface area contributed by atoms with E-state index in [-0.39, 0.29) is 5.91 Å². The van der Waals surface area contributed by atoms with Gasteiger partial charge in [-0.3, -0.25) is 9.78 Å². The normalized spacial score (nSPS) is 11.0. The quantitative estimate of drug-likeness (QED) is 0.613. The van der Waals surface area contributed by atoms with Gasteiger partial charge in [0.15, 0.2) is 5.65 Å². The smallest absolute Gasteiger partial charge is 0.257 e. The molecular weight excluding hydrogens is 330 g/mol. The minimum absolute atomic E-state index is 0.227. The Balaban J connectivity index is 1.49. The van der Waals surface area contributed by atoms with Crippen LogP contribution in [0.2, 0.25) is 0 Å². The summed E-state index contributed by atoms with van der Waals surface area (Å²) in [6.45, 7) is 4.15. The second kappa shape index (κ2) is 6.44. The lowest BCUT2D eigenvalue weighted by Gasteiger charge is -2.05. The molecule has 1 amide bonds. The van der Waals surface area contributed by atoms with E-state index in [4.69, 9.17) is 4.42 Å². The summed E-state index contributed by atoms with van der Waals surface area (Å²) in [6, 6.07) is 9.40. The first-order valence-corrected chi connectivity index (χ1v) is 8.21. The third-order valence-electron chi connectivity index (χ3n) is 4.08. The molecule has 130 valence electrons. The third-order valence-corrected chi connectivity index (χ3v) is 4.08. The van der Waals surface area contributed by atoms with Crippen LogP contribution in [0.5, 0.6) is 0 Å². The predicted molar refractivity (Wildman–Crippen MR) is 95.6 cm³/mol. The first-order chi connectivity index (χ1) is 12.6. The fourth-order valence-corrected chi connectivity index (χ4v) is 2.81. The average molecular weight is 347 g/mol. The van der Waals surface area contributed by atoms with E-state index in [1.54, 1.807) is 17.0 Å². The van der Waals surface area contributed by atoms with Crippen molar-refractivity contribution in [1.29, 1.82) is 0 Å². The lowest BCUT2D eigenvalue weighted by Crippen LogP contribution is -2.23. The number of aromatic nitrogens is 4. The minimum Gasteiger partial charge on any atom is -0.464 e. The van der Waals surface area contributed by atoms with Gasteiger partial charge in [0.1, 0.15) is 11.3 Å². The zero-order valence-corrected chi connectivity index (χ0v) is 14.4. The van der Waals surface area contributed by atoms with Crippen LogP contribution >= 0.6 is 0 Å². The Morgan fingerprint density at radius 2 is 2.12 bits per heavy atom. The van der Waals surface area contributed by atoms with Gasteiger partial charge in [0.2, 0.25) is 0 Å². The van der Waals surface area contributed by atoms with Crippen LogP contribution in [0, 0.1) is 13.8 Å². The molecule has 0 atom stereocenters. The van der Waals surface area contributed by atoms with Crippen molar-refractivity contribution >= 4 is 11.6 Å². The summed E-state index contributed by atoms with van der Waals surface area (Å²) in [5.74, 6) is 0.533. The van der Waals surface area contributed by atoms with E-state index < -0.39 is 0 Å². The molecule has 1 N–H and O–H groups in total. The van der Waals surface area contributed by atoms with Gasteiger partial charge in [0.05, 0.1) is 24.7 Å². The predicted octanol–water partition coefficient (Wildman–Crippen LogP) is 2.93. The maximum Gasteiger partial charge on any atom is 0.257 e. The Morgan fingerprint density at radius 1 is 1.23 bits per heavy atom. The molecule has 4 aromatic heterocycles. The first kappa shape index (κ1) is 16.0. The van der Waals surface area contributed by atoms with E-state index in [0.29, 0.717) is 17.8 Å². The van der Waals surface area contributed by atoms with Gasteiger partial charge in [-0.15, -0.1) is 0 Å². The number of nitrogens with zero attached hydrogens (tertiary/aromatic N) is 4. The third kappa shape index (κ3) is 2.95. The number of amides is 1. The number of fused-ring (bicyclic) bond motifs is 1. The summed E-state index contributed by atoms with van der Waals surface area (Å²) in [5, 5.41) is 7.11. The highest BCUT2D eigenvalue weighted by atomic mass is 16.3. The lowest BCUT2D eigenvalue weighted by atomic mass is 10.2. The topological polar surface area (TPSA) is 85.3 Å². The molecule has 0 saturated heterocycles. The van der Waals surface area contributed by atoms with Crippen molar-refractivity contribution < 1.29 is 9.21 Å². The van der Waals surface area contributed by atoms with Crippen molar-refractivity contribution in [3.8, 4) is 11.3 Å². The van der Waals surface area contributed by atoms with Crippen molar-refractivity contribution in [2.45, 2.75) is 20.4 Å². The number of aryl methyl sites for hydroxylation is 2. The Hall–Kier alpha value is -3.48. The molecule has 7 heteroatoms. The second-order valence-electron chi connectivity index (χ2n) is 6.03. The van der Waals surface area contributed by atoms with E-state index in [2.05, 4.69) is 20.4 Å². The van der Waals surface area contributed by atoms with E-state index >= 15 is 0 Å². The maximum absolute atomic E-state index is 12.5. The van der Waals surface area contributed by atoms with Gasteiger partial charge in [-0.05, 0) is 44.2 Å². The lowest BCUT2D eigenvalue weighted by molar-refractivity contribution is 0.0952. The van der Waals surface area contributed by atoms with E-state index in [1.165, 1.54) is 6.20 Å². The van der Waals surface area contributed by atoms with Crippen LogP contribution in [0.15, 0.2) is 53.4 Å². The summed E-state index contributed by atoms with van der Waals surface area (Å²) < 4.78 is 7.01. The number of furan rings is 1. The maximum atomic E-state index is 12.5. The molecule has 0 spiro atoms. The van der Waals surface area contributed by atoms with E-state index in [9.17, 15) is 4.79 Å². The van der Waals surface area contributed by atoms with Crippen LogP contribution in [-0.4, -0.2) is 25.5 Å². The van der Waals surface area contributed by atoms with Crippen molar-refractivity contribution in [3.05, 3.63) is 71.6 Å². The van der Waals surface area contributed by atoms with Gasteiger partial charge in [0.25, 0.3) is 5.91 Å². The molecule has 0 aliphatic carbocycles. The molecule has 0 fully saturated rings. The number of rotatable bonds is 4. The molecule has 0 unspecified atom stereocenters. The standard InChI is InChI=1S/C19H17N5O2/c1-12-8-13(2)24-18(23-12)16(11-22-24)19(25)21-10-15-6-5-14(9-20-15)17-4-3-7-26-17/h3-9,11H,10H2,1-2H3,(H,21,25). The number of carbonyl (C=O) groups excluding carboxylic acids is 1. The molecule has 26 heavy (non-hydrogen) atoms. The number of nitrogens with one attached hydrogen (secondary N) is 1. The highest BCUT2D eigenvalue weighted by molar-refractivity contribution is 5.99. The van der Waals surface area contributed by atoms with Gasteiger partial charge >= 0.3 is 0 Å². The summed E-state index contributed by atoms with van der Waals surface area (Å²) in [4.78, 5) is 21.3. The zero-order valence-electron chi connectivity index (χ0n) is 14.4. The molecular formula is C19H17N5O2. The van der Waals surface area contributed by atoms with Gasteiger partial charge in [-0.25, -0.2) is 9.50 Å². The van der Waals surface area contributed by atoms with Crippen LogP contribution < -0.4 is 5.32 Å².